The minimum Gasteiger partial charge on any atom is -0.456 e. The number of fused-ring (bicyclic) bond motifs is 6. The molecule has 0 unspecified atom stereocenters. The molecule has 0 atom stereocenters. The molecule has 0 radical (unpaired) electrons. The number of hydrogen-bond donors (Lipinski definition) is 0. The van der Waals surface area contributed by atoms with Gasteiger partial charge >= 0.3 is 0 Å². The Morgan fingerprint density at radius 1 is 0.304 bits per heavy atom. The quantitative estimate of drug-likeness (QED) is 0.171. The van der Waals surface area contributed by atoms with E-state index < -0.39 is 0 Å². The minimum atomic E-state index is 0.898. The lowest BCUT2D eigenvalue weighted by Crippen LogP contribution is -2.10. The Balaban J connectivity index is 1.06. The average Bonchev–Trinajstić information content (AvgIpc) is 3.64. The monoisotopic (exact) mass is 713 g/mol. The Labute approximate surface area is 325 Å². The van der Waals surface area contributed by atoms with Crippen LogP contribution >= 0.6 is 0 Å². The van der Waals surface area contributed by atoms with Gasteiger partial charge in [-0.1, -0.05) is 164 Å². The van der Waals surface area contributed by atoms with Crippen LogP contribution in [-0.4, -0.2) is 0 Å². The summed E-state index contributed by atoms with van der Waals surface area (Å²) in [6.07, 6.45) is 0. The van der Waals surface area contributed by atoms with Crippen molar-refractivity contribution in [1.29, 1.82) is 0 Å². The molecule has 0 amide bonds. The summed E-state index contributed by atoms with van der Waals surface area (Å²) < 4.78 is 6.44. The van der Waals surface area contributed by atoms with Gasteiger partial charge in [-0.15, -0.1) is 0 Å². The maximum absolute atomic E-state index is 6.44. The number of rotatable bonds is 6. The molecule has 0 fully saturated rings. The van der Waals surface area contributed by atoms with Crippen LogP contribution < -0.4 is 4.90 Å². The number of furan rings is 1. The molecule has 10 aromatic carbocycles. The maximum atomic E-state index is 6.44. The van der Waals surface area contributed by atoms with Crippen molar-refractivity contribution in [3.8, 4) is 33.4 Å². The Bertz CT molecular complexity index is 3230. The van der Waals surface area contributed by atoms with E-state index in [-0.39, 0.29) is 0 Å². The predicted molar refractivity (Wildman–Crippen MR) is 237 cm³/mol. The molecular formula is C54H35NO. The molecule has 0 saturated heterocycles. The number of benzene rings is 10. The molecule has 1 heterocycles. The van der Waals surface area contributed by atoms with Gasteiger partial charge in [0.1, 0.15) is 11.2 Å². The first-order valence-electron chi connectivity index (χ1n) is 19.2. The largest absolute Gasteiger partial charge is 0.456 e. The van der Waals surface area contributed by atoms with Gasteiger partial charge in [-0.3, -0.25) is 0 Å². The van der Waals surface area contributed by atoms with Crippen molar-refractivity contribution in [1.82, 2.24) is 0 Å². The van der Waals surface area contributed by atoms with Crippen molar-refractivity contribution in [2.75, 3.05) is 4.90 Å². The zero-order valence-electron chi connectivity index (χ0n) is 30.6. The first-order valence-corrected chi connectivity index (χ1v) is 19.2. The second-order valence-electron chi connectivity index (χ2n) is 14.5. The summed E-state index contributed by atoms with van der Waals surface area (Å²) in [5, 5.41) is 9.58. The molecule has 56 heavy (non-hydrogen) atoms. The molecule has 11 rings (SSSR count). The molecule has 262 valence electrons. The van der Waals surface area contributed by atoms with Gasteiger partial charge in [0.05, 0.1) is 5.69 Å². The summed E-state index contributed by atoms with van der Waals surface area (Å²) in [7, 11) is 0. The third-order valence-electron chi connectivity index (χ3n) is 11.3. The van der Waals surface area contributed by atoms with Gasteiger partial charge in [0.2, 0.25) is 0 Å². The normalized spacial score (nSPS) is 11.6. The Kier molecular flexibility index (Phi) is 7.53. The molecule has 0 aliphatic rings. The highest BCUT2D eigenvalue weighted by molar-refractivity contribution is 6.15. The zero-order valence-corrected chi connectivity index (χ0v) is 30.6. The van der Waals surface area contributed by atoms with E-state index in [0.717, 1.165) is 50.1 Å². The summed E-state index contributed by atoms with van der Waals surface area (Å²) in [6, 6.07) is 76.5. The molecule has 0 bridgehead atoms. The first-order chi connectivity index (χ1) is 27.8. The molecule has 0 saturated carbocycles. The summed E-state index contributed by atoms with van der Waals surface area (Å²) in [5.41, 5.74) is 12.3. The smallest absolute Gasteiger partial charge is 0.136 e. The van der Waals surface area contributed by atoms with E-state index >= 15 is 0 Å². The fraction of sp³-hybridized carbons (Fsp3) is 0. The van der Waals surface area contributed by atoms with Crippen molar-refractivity contribution < 1.29 is 4.42 Å². The van der Waals surface area contributed by atoms with Crippen molar-refractivity contribution in [2.45, 2.75) is 0 Å². The molecule has 0 aliphatic heterocycles. The SMILES string of the molecule is c1ccc(-c2ccc(N(c3ccc(-c4cccc5ccccc45)cc3)c3ccc(-c4cccc5oc6cc7ccccc7cc6c45)cc3)c3ccccc23)cc1. The van der Waals surface area contributed by atoms with Gasteiger partial charge in [0.15, 0.2) is 0 Å². The van der Waals surface area contributed by atoms with Gasteiger partial charge in [0.25, 0.3) is 0 Å². The van der Waals surface area contributed by atoms with Crippen LogP contribution in [0.25, 0.3) is 87.6 Å². The first kappa shape index (κ1) is 32.0. The highest BCUT2D eigenvalue weighted by Gasteiger charge is 2.19. The fourth-order valence-electron chi connectivity index (χ4n) is 8.58. The van der Waals surface area contributed by atoms with E-state index in [2.05, 4.69) is 217 Å². The topological polar surface area (TPSA) is 16.4 Å². The highest BCUT2D eigenvalue weighted by atomic mass is 16.3. The van der Waals surface area contributed by atoms with Gasteiger partial charge in [-0.25, -0.2) is 0 Å². The lowest BCUT2D eigenvalue weighted by Gasteiger charge is -2.28. The molecule has 2 heteroatoms. The van der Waals surface area contributed by atoms with Crippen LogP contribution in [-0.2, 0) is 0 Å². The predicted octanol–water partition coefficient (Wildman–Crippen LogP) is 15.5. The van der Waals surface area contributed by atoms with Crippen molar-refractivity contribution in [2.24, 2.45) is 0 Å². The Morgan fingerprint density at radius 3 is 1.59 bits per heavy atom. The molecule has 0 N–H and O–H groups in total. The number of nitrogens with zero attached hydrogens (tertiary/aromatic N) is 1. The van der Waals surface area contributed by atoms with Crippen molar-refractivity contribution in [3.63, 3.8) is 0 Å². The van der Waals surface area contributed by atoms with E-state index in [4.69, 9.17) is 4.42 Å². The van der Waals surface area contributed by atoms with Crippen LogP contribution in [0.3, 0.4) is 0 Å². The number of hydrogen-bond acceptors (Lipinski definition) is 2. The summed E-state index contributed by atoms with van der Waals surface area (Å²) in [4.78, 5) is 2.40. The molecule has 0 aliphatic carbocycles. The van der Waals surface area contributed by atoms with Crippen molar-refractivity contribution in [3.05, 3.63) is 212 Å². The van der Waals surface area contributed by atoms with E-state index in [1.165, 1.54) is 54.6 Å². The van der Waals surface area contributed by atoms with Gasteiger partial charge in [0, 0.05) is 27.5 Å². The summed E-state index contributed by atoms with van der Waals surface area (Å²) >= 11 is 0. The minimum absolute atomic E-state index is 0.898. The van der Waals surface area contributed by atoms with Crippen LogP contribution in [0.15, 0.2) is 217 Å². The molecule has 11 aromatic rings. The third kappa shape index (κ3) is 5.34. The number of anilines is 3. The van der Waals surface area contributed by atoms with E-state index in [1.54, 1.807) is 0 Å². The van der Waals surface area contributed by atoms with Crippen LogP contribution in [0, 0.1) is 0 Å². The van der Waals surface area contributed by atoms with Crippen LogP contribution in [0.4, 0.5) is 17.1 Å². The van der Waals surface area contributed by atoms with E-state index in [9.17, 15) is 0 Å². The standard InChI is InChI=1S/C54H35NO/c1-2-12-36(13-3-1)46-32-33-51(49-20-9-8-19-48(46)49)55(42-28-24-38(25-29-42)45-21-10-17-37-14-6-7-18-44(37)45)43-30-26-39(27-31-43)47-22-11-23-52-54(47)50-34-40-15-4-5-16-41(40)35-53(50)56-52/h1-35H. The van der Waals surface area contributed by atoms with Gasteiger partial charge < -0.3 is 9.32 Å². The van der Waals surface area contributed by atoms with Crippen molar-refractivity contribution >= 4 is 71.3 Å². The Morgan fingerprint density at radius 2 is 0.839 bits per heavy atom. The Hall–Kier alpha value is -7.42. The second kappa shape index (κ2) is 13.2. The lowest BCUT2D eigenvalue weighted by molar-refractivity contribution is 0.669. The molecule has 0 spiro atoms. The maximum Gasteiger partial charge on any atom is 0.136 e. The van der Waals surface area contributed by atoms with E-state index in [0.29, 0.717) is 0 Å². The molecule has 1 aromatic heterocycles. The van der Waals surface area contributed by atoms with E-state index in [1.807, 2.05) is 0 Å². The second-order valence-corrected chi connectivity index (χ2v) is 14.5. The average molecular weight is 714 g/mol. The zero-order chi connectivity index (χ0) is 37.0. The van der Waals surface area contributed by atoms with Crippen LogP contribution in [0.2, 0.25) is 0 Å². The van der Waals surface area contributed by atoms with Crippen LogP contribution in [0.5, 0.6) is 0 Å². The molecule has 2 nitrogen and oxygen atoms in total. The third-order valence-corrected chi connectivity index (χ3v) is 11.3. The summed E-state index contributed by atoms with van der Waals surface area (Å²) in [6.45, 7) is 0. The summed E-state index contributed by atoms with van der Waals surface area (Å²) in [5.74, 6) is 0. The van der Waals surface area contributed by atoms with Crippen LogP contribution in [0.1, 0.15) is 0 Å². The highest BCUT2D eigenvalue weighted by Crippen LogP contribution is 2.44. The molecular weight excluding hydrogens is 679 g/mol. The fourth-order valence-corrected chi connectivity index (χ4v) is 8.58. The van der Waals surface area contributed by atoms with Gasteiger partial charge in [-0.05, 0) is 109 Å². The van der Waals surface area contributed by atoms with Gasteiger partial charge in [-0.2, -0.15) is 0 Å². The lowest BCUT2D eigenvalue weighted by atomic mass is 9.95.